The maximum atomic E-state index is 14.0. The molecule has 180 valence electrons. The Morgan fingerprint density at radius 2 is 1.66 bits per heavy atom. The number of nitrogens with zero attached hydrogens (tertiary/aromatic N) is 1. The molecule has 1 aliphatic heterocycles. The number of nitrogens with one attached hydrogen (secondary N) is 1. The van der Waals surface area contributed by atoms with E-state index in [2.05, 4.69) is 23.3 Å². The lowest BCUT2D eigenvalue weighted by Crippen LogP contribution is -2.19. The minimum Gasteiger partial charge on any atom is -0.326 e. The first-order valence-corrected chi connectivity index (χ1v) is 12.2. The van der Waals surface area contributed by atoms with E-state index in [0.717, 1.165) is 64.2 Å². The molecular weight excluding hydrogens is 442 g/mol. The number of benzene rings is 3. The number of carbonyl (C=O) groups excluding carboxylic acids is 1. The van der Waals surface area contributed by atoms with Gasteiger partial charge in [-0.15, -0.1) is 0 Å². The van der Waals surface area contributed by atoms with Crippen molar-refractivity contribution in [3.05, 3.63) is 99.6 Å². The molecule has 0 bridgehead atoms. The van der Waals surface area contributed by atoms with Crippen LogP contribution in [-0.2, 0) is 17.6 Å². The van der Waals surface area contributed by atoms with Crippen molar-refractivity contribution < 1.29 is 13.6 Å². The van der Waals surface area contributed by atoms with Gasteiger partial charge in [-0.25, -0.2) is 8.78 Å². The number of aryl methyl sites for hydroxylation is 3. The number of carbonyl (C=O) groups is 1. The van der Waals surface area contributed by atoms with Crippen molar-refractivity contribution in [2.75, 3.05) is 25.5 Å². The van der Waals surface area contributed by atoms with E-state index in [1.54, 1.807) is 12.1 Å². The molecule has 0 unspecified atom stereocenters. The number of amides is 1. The predicted molar refractivity (Wildman–Crippen MR) is 137 cm³/mol. The summed E-state index contributed by atoms with van der Waals surface area (Å²) in [5.74, 6) is -0.109. The van der Waals surface area contributed by atoms with Crippen molar-refractivity contribution in [1.82, 2.24) is 4.90 Å². The average Bonchev–Trinajstić information content (AvgIpc) is 3.16. The summed E-state index contributed by atoms with van der Waals surface area (Å²) < 4.78 is 28.1. The second kappa shape index (κ2) is 9.74. The fourth-order valence-electron chi connectivity index (χ4n) is 5.32. The van der Waals surface area contributed by atoms with Crippen LogP contribution in [0.4, 0.5) is 14.5 Å². The van der Waals surface area contributed by atoms with Gasteiger partial charge in [0.2, 0.25) is 5.91 Å². The number of fused-ring (bicyclic) bond motifs is 2. The van der Waals surface area contributed by atoms with Gasteiger partial charge in [-0.05, 0) is 121 Å². The second-order valence-electron chi connectivity index (χ2n) is 9.90. The number of hydrogen-bond donors (Lipinski definition) is 1. The summed E-state index contributed by atoms with van der Waals surface area (Å²) in [4.78, 5) is 15.0. The Kier molecular flexibility index (Phi) is 6.52. The average molecular weight is 473 g/mol. The number of anilines is 1. The molecule has 35 heavy (non-hydrogen) atoms. The van der Waals surface area contributed by atoms with Gasteiger partial charge in [0.25, 0.3) is 0 Å². The van der Waals surface area contributed by atoms with Crippen molar-refractivity contribution >= 4 is 23.2 Å². The van der Waals surface area contributed by atoms with Crippen LogP contribution >= 0.6 is 0 Å². The summed E-state index contributed by atoms with van der Waals surface area (Å²) in [6.45, 7) is 3.98. The zero-order valence-electron chi connectivity index (χ0n) is 20.2. The topological polar surface area (TPSA) is 32.3 Å². The van der Waals surface area contributed by atoms with E-state index in [-0.39, 0.29) is 17.5 Å². The first-order chi connectivity index (χ1) is 16.9. The lowest BCUT2D eigenvalue weighted by Gasteiger charge is -2.15. The first kappa shape index (κ1) is 23.4. The highest BCUT2D eigenvalue weighted by atomic mass is 19.1. The third kappa shape index (κ3) is 5.20. The Hall–Kier alpha value is -3.31. The van der Waals surface area contributed by atoms with Crippen molar-refractivity contribution in [2.45, 2.75) is 32.6 Å². The minimum atomic E-state index is -0.269. The van der Waals surface area contributed by atoms with Crippen molar-refractivity contribution in [3.8, 4) is 0 Å². The Balaban J connectivity index is 1.50. The molecule has 1 fully saturated rings. The van der Waals surface area contributed by atoms with Crippen LogP contribution in [0.1, 0.15) is 46.2 Å². The molecule has 1 amide bonds. The van der Waals surface area contributed by atoms with Crippen LogP contribution in [0.15, 0.2) is 54.6 Å². The minimum absolute atomic E-state index is 0.0364. The van der Waals surface area contributed by atoms with Crippen LogP contribution in [0.5, 0.6) is 0 Å². The monoisotopic (exact) mass is 472 g/mol. The Labute approximate surface area is 205 Å². The van der Waals surface area contributed by atoms with Gasteiger partial charge in [0.05, 0.1) is 0 Å². The van der Waals surface area contributed by atoms with Crippen LogP contribution in [-0.4, -0.2) is 30.9 Å². The maximum Gasteiger partial charge on any atom is 0.224 e. The Bertz CT molecular complexity index is 1260. The summed E-state index contributed by atoms with van der Waals surface area (Å²) in [6, 6.07) is 15.7. The number of likely N-dealkylation sites (tertiary alicyclic amines) is 1. The van der Waals surface area contributed by atoms with Crippen LogP contribution in [0.2, 0.25) is 0 Å². The van der Waals surface area contributed by atoms with Gasteiger partial charge in [0.1, 0.15) is 11.6 Å². The smallest absolute Gasteiger partial charge is 0.224 e. The molecule has 2 aliphatic rings. The summed E-state index contributed by atoms with van der Waals surface area (Å²) in [7, 11) is 2.09. The third-order valence-electron chi connectivity index (χ3n) is 7.19. The summed E-state index contributed by atoms with van der Waals surface area (Å²) in [5.41, 5.74) is 7.38. The molecule has 1 saturated heterocycles. The van der Waals surface area contributed by atoms with Gasteiger partial charge in [-0.1, -0.05) is 24.3 Å². The molecule has 3 aromatic carbocycles. The van der Waals surface area contributed by atoms with Gasteiger partial charge in [-0.2, -0.15) is 0 Å². The van der Waals surface area contributed by atoms with E-state index >= 15 is 0 Å². The van der Waals surface area contributed by atoms with E-state index < -0.39 is 0 Å². The van der Waals surface area contributed by atoms with E-state index in [0.29, 0.717) is 25.2 Å². The third-order valence-corrected chi connectivity index (χ3v) is 7.19. The molecule has 1 N–H and O–H groups in total. The van der Waals surface area contributed by atoms with Crippen LogP contribution in [0.25, 0.3) is 11.6 Å². The van der Waals surface area contributed by atoms with Gasteiger partial charge in [0.15, 0.2) is 0 Å². The predicted octanol–water partition coefficient (Wildman–Crippen LogP) is 6.24. The summed E-state index contributed by atoms with van der Waals surface area (Å²) in [6.07, 6.45) is 4.92. The molecule has 1 heterocycles. The molecule has 0 radical (unpaired) electrons. The Morgan fingerprint density at radius 1 is 1.00 bits per heavy atom. The molecule has 0 spiro atoms. The largest absolute Gasteiger partial charge is 0.326 e. The van der Waals surface area contributed by atoms with E-state index in [1.165, 1.54) is 12.1 Å². The molecule has 1 atom stereocenters. The molecule has 3 nitrogen and oxygen atoms in total. The maximum absolute atomic E-state index is 14.0. The van der Waals surface area contributed by atoms with Crippen molar-refractivity contribution in [3.63, 3.8) is 0 Å². The van der Waals surface area contributed by atoms with E-state index in [4.69, 9.17) is 0 Å². The van der Waals surface area contributed by atoms with Gasteiger partial charge >= 0.3 is 0 Å². The molecule has 3 aromatic rings. The van der Waals surface area contributed by atoms with E-state index in [9.17, 15) is 13.6 Å². The summed E-state index contributed by atoms with van der Waals surface area (Å²) in [5, 5.41) is 3.11. The number of halogens is 2. The molecule has 0 saturated carbocycles. The SMILES string of the molecule is Cc1ccc(C=C2c3ccc(F)cc3CCc3cc(F)ccc32)cc1NC(=O)C[C@H]1CCN(C)C1. The zero-order chi connectivity index (χ0) is 24.5. The van der Waals surface area contributed by atoms with Gasteiger partial charge in [-0.3, -0.25) is 4.79 Å². The standard InChI is InChI=1S/C30H30F2N2O/c1-19-3-4-20(14-29(19)33-30(35)15-21-11-12-34(2)18-21)13-28-26-9-7-24(31)16-22(26)5-6-23-17-25(32)8-10-27(23)28/h3-4,7-10,13-14,16-17,21H,5-6,11-12,15,18H2,1-2H3,(H,33,35)/t21-/m1/s1. The van der Waals surface area contributed by atoms with E-state index in [1.807, 2.05) is 37.3 Å². The highest BCUT2D eigenvalue weighted by Crippen LogP contribution is 2.36. The lowest BCUT2D eigenvalue weighted by atomic mass is 9.92. The molecule has 1 aliphatic carbocycles. The molecule has 0 aromatic heterocycles. The fourth-order valence-corrected chi connectivity index (χ4v) is 5.32. The van der Waals surface area contributed by atoms with Crippen molar-refractivity contribution in [1.29, 1.82) is 0 Å². The van der Waals surface area contributed by atoms with Crippen LogP contribution < -0.4 is 5.32 Å². The highest BCUT2D eigenvalue weighted by molar-refractivity contribution is 5.96. The zero-order valence-corrected chi connectivity index (χ0v) is 20.2. The first-order valence-electron chi connectivity index (χ1n) is 12.2. The Morgan fingerprint density at radius 3 is 2.26 bits per heavy atom. The van der Waals surface area contributed by atoms with Crippen LogP contribution in [0, 0.1) is 24.5 Å². The van der Waals surface area contributed by atoms with Crippen molar-refractivity contribution in [2.24, 2.45) is 5.92 Å². The van der Waals surface area contributed by atoms with Gasteiger partial charge < -0.3 is 10.2 Å². The lowest BCUT2D eigenvalue weighted by molar-refractivity contribution is -0.117. The second-order valence-corrected chi connectivity index (χ2v) is 9.90. The fraction of sp³-hybridized carbons (Fsp3) is 0.300. The molecule has 5 rings (SSSR count). The number of hydrogen-bond acceptors (Lipinski definition) is 2. The van der Waals surface area contributed by atoms with Crippen LogP contribution in [0.3, 0.4) is 0 Å². The summed E-state index contributed by atoms with van der Waals surface area (Å²) >= 11 is 0. The van der Waals surface area contributed by atoms with Gasteiger partial charge in [0, 0.05) is 18.7 Å². The highest BCUT2D eigenvalue weighted by Gasteiger charge is 2.23. The number of rotatable bonds is 4. The normalized spacial score (nSPS) is 17.5. The molecule has 5 heteroatoms. The quantitative estimate of drug-likeness (QED) is 0.487. The molecular formula is C30H30F2N2O.